The zero-order valence-electron chi connectivity index (χ0n) is 14.1. The number of pyridine rings is 1. The normalized spacial score (nSPS) is 17.5. The number of carbonyl (C=O) groups is 1. The van der Waals surface area contributed by atoms with E-state index in [2.05, 4.69) is 9.97 Å². The number of hydrogen-bond donors (Lipinski definition) is 0. The molecule has 1 aliphatic heterocycles. The molecule has 1 aliphatic rings. The van der Waals surface area contributed by atoms with E-state index in [1.807, 2.05) is 17.5 Å². The molecule has 7 nitrogen and oxygen atoms in total. The van der Waals surface area contributed by atoms with Crippen LogP contribution in [0.15, 0.2) is 47.0 Å². The number of amides is 1. The number of ether oxygens (including phenoxy) is 1. The Hall–Kier alpha value is -2.58. The smallest absolute Gasteiger partial charge is 0.274 e. The fourth-order valence-electron chi connectivity index (χ4n) is 3.13. The molecule has 0 N–H and O–H groups in total. The first-order valence-electron chi connectivity index (χ1n) is 8.47. The molecule has 1 amide bonds. The molecular weight excluding hydrogens is 352 g/mol. The highest BCUT2D eigenvalue weighted by molar-refractivity contribution is 7.15. The third kappa shape index (κ3) is 3.51. The van der Waals surface area contributed by atoms with Gasteiger partial charge in [-0.2, -0.15) is 4.98 Å². The van der Waals surface area contributed by atoms with Crippen LogP contribution in [0.5, 0.6) is 0 Å². The van der Waals surface area contributed by atoms with Gasteiger partial charge in [0, 0.05) is 43.1 Å². The molecule has 3 aromatic rings. The van der Waals surface area contributed by atoms with Gasteiger partial charge in [-0.25, -0.2) is 0 Å². The van der Waals surface area contributed by atoms with Crippen LogP contribution >= 0.6 is 11.3 Å². The number of piperidine rings is 1. The lowest BCUT2D eigenvalue weighted by atomic mass is 10.1. The standard InChI is InChI=1S/C18H18N4O3S/c23-16-9-15(22-7-8-26-18(22)20-16)17(24)21-6-2-4-14(11-21)25-12-13-3-1-5-19-10-13/h1,3,5,7-10,14H,2,4,6,11-12H2. The number of fused-ring (bicyclic) bond motifs is 1. The summed E-state index contributed by atoms with van der Waals surface area (Å²) < 4.78 is 7.64. The highest BCUT2D eigenvalue weighted by Gasteiger charge is 2.26. The minimum atomic E-state index is -0.391. The molecule has 1 saturated heterocycles. The van der Waals surface area contributed by atoms with Gasteiger partial charge in [-0.3, -0.25) is 19.0 Å². The minimum Gasteiger partial charge on any atom is -0.372 e. The Balaban J connectivity index is 1.47. The fourth-order valence-corrected chi connectivity index (χ4v) is 3.85. The molecule has 1 unspecified atom stereocenters. The maximum atomic E-state index is 13.0. The van der Waals surface area contributed by atoms with Gasteiger partial charge in [-0.15, -0.1) is 11.3 Å². The molecule has 0 saturated carbocycles. The molecule has 0 spiro atoms. The van der Waals surface area contributed by atoms with E-state index in [-0.39, 0.29) is 12.0 Å². The van der Waals surface area contributed by atoms with Crippen molar-refractivity contribution in [2.45, 2.75) is 25.6 Å². The number of rotatable bonds is 4. The van der Waals surface area contributed by atoms with Crippen LogP contribution in [0.4, 0.5) is 0 Å². The summed E-state index contributed by atoms with van der Waals surface area (Å²) in [7, 11) is 0. The molecular formula is C18H18N4O3S. The predicted molar refractivity (Wildman–Crippen MR) is 97.3 cm³/mol. The van der Waals surface area contributed by atoms with Gasteiger partial charge in [0.15, 0.2) is 4.96 Å². The van der Waals surface area contributed by atoms with Crippen molar-refractivity contribution in [3.05, 3.63) is 63.8 Å². The van der Waals surface area contributed by atoms with Crippen LogP contribution in [0.1, 0.15) is 28.9 Å². The second kappa shape index (κ2) is 7.35. The molecule has 8 heteroatoms. The first-order chi connectivity index (χ1) is 12.7. The first kappa shape index (κ1) is 16.9. The number of carbonyl (C=O) groups excluding carboxylic acids is 1. The Bertz CT molecular complexity index is 969. The Labute approximate surface area is 153 Å². The van der Waals surface area contributed by atoms with Crippen molar-refractivity contribution in [1.82, 2.24) is 19.3 Å². The summed E-state index contributed by atoms with van der Waals surface area (Å²) in [5.74, 6) is -0.160. The van der Waals surface area contributed by atoms with E-state index in [0.29, 0.717) is 30.4 Å². The number of likely N-dealkylation sites (tertiary alicyclic amines) is 1. The molecule has 26 heavy (non-hydrogen) atoms. The van der Waals surface area contributed by atoms with Gasteiger partial charge in [-0.1, -0.05) is 6.07 Å². The van der Waals surface area contributed by atoms with Crippen molar-refractivity contribution in [2.24, 2.45) is 0 Å². The van der Waals surface area contributed by atoms with Crippen molar-refractivity contribution in [2.75, 3.05) is 13.1 Å². The van der Waals surface area contributed by atoms with Gasteiger partial charge >= 0.3 is 0 Å². The molecule has 3 aromatic heterocycles. The number of nitrogens with zero attached hydrogens (tertiary/aromatic N) is 4. The van der Waals surface area contributed by atoms with E-state index in [1.165, 1.54) is 17.4 Å². The monoisotopic (exact) mass is 370 g/mol. The highest BCUT2D eigenvalue weighted by atomic mass is 32.1. The van der Waals surface area contributed by atoms with Crippen molar-refractivity contribution in [3.8, 4) is 0 Å². The van der Waals surface area contributed by atoms with E-state index in [1.54, 1.807) is 27.9 Å². The van der Waals surface area contributed by atoms with Crippen molar-refractivity contribution in [3.63, 3.8) is 0 Å². The van der Waals surface area contributed by atoms with E-state index < -0.39 is 5.56 Å². The van der Waals surface area contributed by atoms with Crippen LogP contribution in [0.2, 0.25) is 0 Å². The number of thiazole rings is 1. The van der Waals surface area contributed by atoms with Crippen LogP contribution in [0, 0.1) is 0 Å². The largest absolute Gasteiger partial charge is 0.372 e. The van der Waals surface area contributed by atoms with Gasteiger partial charge in [0.25, 0.3) is 11.5 Å². The summed E-state index contributed by atoms with van der Waals surface area (Å²) in [5, 5.41) is 1.81. The molecule has 1 fully saturated rings. The lowest BCUT2D eigenvalue weighted by molar-refractivity contribution is -0.00702. The molecule has 4 heterocycles. The SMILES string of the molecule is O=C(c1cc(=O)nc2sccn12)N1CCCC(OCc2cccnc2)C1. The van der Waals surface area contributed by atoms with Gasteiger partial charge in [0.1, 0.15) is 5.69 Å². The molecule has 0 aromatic carbocycles. The topological polar surface area (TPSA) is 76.8 Å². The lowest BCUT2D eigenvalue weighted by Gasteiger charge is -2.32. The summed E-state index contributed by atoms with van der Waals surface area (Å²) in [6.45, 7) is 1.65. The third-order valence-corrected chi connectivity index (χ3v) is 5.16. The predicted octanol–water partition coefficient (Wildman–Crippen LogP) is 1.97. The Morgan fingerprint density at radius 2 is 2.35 bits per heavy atom. The maximum Gasteiger partial charge on any atom is 0.274 e. The summed E-state index contributed by atoms with van der Waals surface area (Å²) in [4.78, 5) is 35.1. The summed E-state index contributed by atoms with van der Waals surface area (Å²) in [6.07, 6.45) is 7.03. The van der Waals surface area contributed by atoms with Gasteiger partial charge in [0.05, 0.1) is 12.7 Å². The van der Waals surface area contributed by atoms with E-state index in [0.717, 1.165) is 18.4 Å². The minimum absolute atomic E-state index is 0.0237. The van der Waals surface area contributed by atoms with Crippen molar-refractivity contribution >= 4 is 22.2 Å². The molecule has 0 radical (unpaired) electrons. The van der Waals surface area contributed by atoms with Crippen LogP contribution in [-0.4, -0.2) is 44.4 Å². The van der Waals surface area contributed by atoms with Crippen molar-refractivity contribution < 1.29 is 9.53 Å². The van der Waals surface area contributed by atoms with E-state index in [9.17, 15) is 9.59 Å². The Kier molecular flexibility index (Phi) is 4.77. The summed E-state index contributed by atoms with van der Waals surface area (Å²) in [5.41, 5.74) is 0.975. The molecule has 0 aliphatic carbocycles. The van der Waals surface area contributed by atoms with Gasteiger partial charge < -0.3 is 9.64 Å². The zero-order chi connectivity index (χ0) is 17.9. The molecule has 4 rings (SSSR count). The zero-order valence-corrected chi connectivity index (χ0v) is 14.9. The summed E-state index contributed by atoms with van der Waals surface area (Å²) in [6, 6.07) is 5.15. The second-order valence-corrected chi connectivity index (χ2v) is 7.10. The average Bonchev–Trinajstić information content (AvgIpc) is 3.14. The third-order valence-electron chi connectivity index (χ3n) is 4.41. The average molecular weight is 370 g/mol. The second-order valence-electron chi connectivity index (χ2n) is 6.22. The van der Waals surface area contributed by atoms with Gasteiger partial charge in [-0.05, 0) is 24.5 Å². The Morgan fingerprint density at radius 3 is 3.19 bits per heavy atom. The number of hydrogen-bond acceptors (Lipinski definition) is 6. The van der Waals surface area contributed by atoms with E-state index in [4.69, 9.17) is 4.74 Å². The van der Waals surface area contributed by atoms with Crippen molar-refractivity contribution in [1.29, 1.82) is 0 Å². The summed E-state index contributed by atoms with van der Waals surface area (Å²) >= 11 is 1.34. The van der Waals surface area contributed by atoms with Crippen LogP contribution in [-0.2, 0) is 11.3 Å². The fraction of sp³-hybridized carbons (Fsp3) is 0.333. The maximum absolute atomic E-state index is 13.0. The first-order valence-corrected chi connectivity index (χ1v) is 9.35. The van der Waals surface area contributed by atoms with E-state index >= 15 is 0 Å². The Morgan fingerprint density at radius 1 is 1.42 bits per heavy atom. The lowest BCUT2D eigenvalue weighted by Crippen LogP contribution is -2.44. The van der Waals surface area contributed by atoms with Crippen LogP contribution in [0.3, 0.4) is 0 Å². The van der Waals surface area contributed by atoms with Crippen LogP contribution in [0.25, 0.3) is 4.96 Å². The highest BCUT2D eigenvalue weighted by Crippen LogP contribution is 2.18. The van der Waals surface area contributed by atoms with Crippen LogP contribution < -0.4 is 5.56 Å². The number of aromatic nitrogens is 3. The van der Waals surface area contributed by atoms with Gasteiger partial charge in [0.2, 0.25) is 0 Å². The molecule has 1 atom stereocenters. The molecule has 134 valence electrons. The molecule has 0 bridgehead atoms. The quantitative estimate of drug-likeness (QED) is 0.702.